The molecule has 2 aromatic heterocycles. The van der Waals surface area contributed by atoms with Gasteiger partial charge in [-0.15, -0.1) is 11.3 Å². The molecule has 3 aromatic rings. The molecule has 0 bridgehead atoms. The number of hydrogen-bond donors (Lipinski definition) is 1. The summed E-state index contributed by atoms with van der Waals surface area (Å²) in [4.78, 5) is 14.4. The van der Waals surface area contributed by atoms with Crippen LogP contribution >= 0.6 is 11.3 Å². The zero-order chi connectivity index (χ0) is 13.8. The third-order valence-corrected chi connectivity index (χ3v) is 3.98. The molecule has 1 aromatic carbocycles. The highest BCUT2D eigenvalue weighted by Crippen LogP contribution is 2.33. The Kier molecular flexibility index (Phi) is 3.80. The quantitative estimate of drug-likeness (QED) is 0.799. The SMILES string of the molecule is CNCc1nc(-c2ncccn2)sc1-c1ccccc1. The monoisotopic (exact) mass is 282 g/mol. The zero-order valence-corrected chi connectivity index (χ0v) is 11.9. The Morgan fingerprint density at radius 1 is 1.05 bits per heavy atom. The van der Waals surface area contributed by atoms with Gasteiger partial charge in [0.25, 0.3) is 0 Å². The van der Waals surface area contributed by atoms with Crippen molar-refractivity contribution >= 4 is 11.3 Å². The van der Waals surface area contributed by atoms with E-state index in [2.05, 4.69) is 32.4 Å². The van der Waals surface area contributed by atoms with Crippen LogP contribution in [-0.2, 0) is 6.54 Å². The summed E-state index contributed by atoms with van der Waals surface area (Å²) in [6, 6.07) is 12.1. The molecule has 100 valence electrons. The molecule has 4 nitrogen and oxygen atoms in total. The molecule has 0 aliphatic carbocycles. The highest BCUT2D eigenvalue weighted by Gasteiger charge is 2.14. The minimum atomic E-state index is 0.678. The van der Waals surface area contributed by atoms with Crippen molar-refractivity contribution in [3.8, 4) is 21.3 Å². The molecule has 0 atom stereocenters. The fourth-order valence-electron chi connectivity index (χ4n) is 1.96. The molecule has 0 radical (unpaired) electrons. The standard InChI is InChI=1S/C15H14N4S/c1-16-10-12-13(11-6-3-2-4-7-11)20-15(19-12)14-17-8-5-9-18-14/h2-9,16H,10H2,1H3. The van der Waals surface area contributed by atoms with Gasteiger partial charge < -0.3 is 5.32 Å². The van der Waals surface area contributed by atoms with Crippen molar-refractivity contribution in [1.82, 2.24) is 20.3 Å². The van der Waals surface area contributed by atoms with Crippen molar-refractivity contribution in [3.63, 3.8) is 0 Å². The Balaban J connectivity index is 2.08. The molecule has 5 heteroatoms. The van der Waals surface area contributed by atoms with Crippen molar-refractivity contribution in [2.75, 3.05) is 7.05 Å². The average Bonchev–Trinajstić information content (AvgIpc) is 2.94. The van der Waals surface area contributed by atoms with Gasteiger partial charge in [0.05, 0.1) is 10.6 Å². The number of aromatic nitrogens is 3. The predicted molar refractivity (Wildman–Crippen MR) is 81.3 cm³/mol. The van der Waals surface area contributed by atoms with Gasteiger partial charge in [-0.05, 0) is 18.7 Å². The van der Waals surface area contributed by atoms with Crippen LogP contribution in [0.2, 0.25) is 0 Å². The maximum atomic E-state index is 4.68. The van der Waals surface area contributed by atoms with E-state index in [0.717, 1.165) is 17.2 Å². The van der Waals surface area contributed by atoms with E-state index in [0.29, 0.717) is 5.82 Å². The molecule has 20 heavy (non-hydrogen) atoms. The lowest BCUT2D eigenvalue weighted by atomic mass is 10.1. The van der Waals surface area contributed by atoms with Crippen LogP contribution < -0.4 is 5.32 Å². The first kappa shape index (κ1) is 12.9. The van der Waals surface area contributed by atoms with E-state index in [1.54, 1.807) is 23.7 Å². The Morgan fingerprint density at radius 3 is 2.50 bits per heavy atom. The molecule has 0 spiro atoms. The number of nitrogens with zero attached hydrogens (tertiary/aromatic N) is 3. The van der Waals surface area contributed by atoms with Gasteiger partial charge in [0, 0.05) is 18.9 Å². The van der Waals surface area contributed by atoms with Crippen molar-refractivity contribution in [2.24, 2.45) is 0 Å². The topological polar surface area (TPSA) is 50.7 Å². The fourth-order valence-corrected chi connectivity index (χ4v) is 2.99. The van der Waals surface area contributed by atoms with Gasteiger partial charge in [0.1, 0.15) is 0 Å². The Labute approximate surface area is 121 Å². The van der Waals surface area contributed by atoms with Crippen LogP contribution in [0.4, 0.5) is 0 Å². The highest BCUT2D eigenvalue weighted by atomic mass is 32.1. The largest absolute Gasteiger partial charge is 0.314 e. The van der Waals surface area contributed by atoms with E-state index in [-0.39, 0.29) is 0 Å². The molecule has 0 amide bonds. The van der Waals surface area contributed by atoms with Crippen LogP contribution in [0, 0.1) is 0 Å². The lowest BCUT2D eigenvalue weighted by Gasteiger charge is -2.00. The summed E-state index contributed by atoms with van der Waals surface area (Å²) in [6.07, 6.45) is 3.48. The normalized spacial score (nSPS) is 10.7. The lowest BCUT2D eigenvalue weighted by Crippen LogP contribution is -2.06. The maximum Gasteiger partial charge on any atom is 0.188 e. The van der Waals surface area contributed by atoms with E-state index >= 15 is 0 Å². The number of nitrogens with one attached hydrogen (secondary N) is 1. The van der Waals surface area contributed by atoms with Gasteiger partial charge in [-0.3, -0.25) is 0 Å². The highest BCUT2D eigenvalue weighted by molar-refractivity contribution is 7.18. The van der Waals surface area contributed by atoms with Crippen molar-refractivity contribution < 1.29 is 0 Å². The summed E-state index contributed by atoms with van der Waals surface area (Å²) in [5.74, 6) is 0.678. The second-order valence-corrected chi connectivity index (χ2v) is 5.26. The summed E-state index contributed by atoms with van der Waals surface area (Å²) in [7, 11) is 1.92. The van der Waals surface area contributed by atoms with E-state index < -0.39 is 0 Å². The third-order valence-electron chi connectivity index (χ3n) is 2.83. The molecule has 2 heterocycles. The van der Waals surface area contributed by atoms with Crippen LogP contribution in [-0.4, -0.2) is 22.0 Å². The molecule has 3 rings (SSSR count). The summed E-state index contributed by atoms with van der Waals surface area (Å²) in [5.41, 5.74) is 2.21. The van der Waals surface area contributed by atoms with Crippen molar-refractivity contribution in [1.29, 1.82) is 0 Å². The molecule has 0 unspecified atom stereocenters. The minimum Gasteiger partial charge on any atom is -0.314 e. The molecule has 0 saturated heterocycles. The first-order valence-electron chi connectivity index (χ1n) is 6.35. The van der Waals surface area contributed by atoms with E-state index in [1.165, 1.54) is 10.4 Å². The van der Waals surface area contributed by atoms with Gasteiger partial charge in [-0.2, -0.15) is 0 Å². The van der Waals surface area contributed by atoms with Gasteiger partial charge in [0.2, 0.25) is 0 Å². The first-order chi connectivity index (χ1) is 9.88. The van der Waals surface area contributed by atoms with Gasteiger partial charge >= 0.3 is 0 Å². The van der Waals surface area contributed by atoms with Crippen LogP contribution in [0.25, 0.3) is 21.3 Å². The van der Waals surface area contributed by atoms with Crippen molar-refractivity contribution in [2.45, 2.75) is 6.54 Å². The number of benzene rings is 1. The fraction of sp³-hybridized carbons (Fsp3) is 0.133. The summed E-state index contributed by atoms with van der Waals surface area (Å²) in [5, 5.41) is 4.02. The van der Waals surface area contributed by atoms with Crippen LogP contribution in [0.1, 0.15) is 5.69 Å². The Morgan fingerprint density at radius 2 is 1.80 bits per heavy atom. The van der Waals surface area contributed by atoms with Crippen molar-refractivity contribution in [3.05, 3.63) is 54.5 Å². The smallest absolute Gasteiger partial charge is 0.188 e. The second kappa shape index (κ2) is 5.90. The number of hydrogen-bond acceptors (Lipinski definition) is 5. The summed E-state index contributed by atoms with van der Waals surface area (Å²) < 4.78 is 0. The third kappa shape index (κ3) is 2.59. The molecule has 0 aliphatic rings. The van der Waals surface area contributed by atoms with E-state index in [9.17, 15) is 0 Å². The zero-order valence-electron chi connectivity index (χ0n) is 11.1. The van der Waals surface area contributed by atoms with Gasteiger partial charge in [0.15, 0.2) is 10.8 Å². The minimum absolute atomic E-state index is 0.678. The second-order valence-electron chi connectivity index (χ2n) is 4.26. The lowest BCUT2D eigenvalue weighted by molar-refractivity contribution is 0.799. The maximum absolute atomic E-state index is 4.68. The van der Waals surface area contributed by atoms with Gasteiger partial charge in [-0.25, -0.2) is 15.0 Å². The number of rotatable bonds is 4. The van der Waals surface area contributed by atoms with Crippen LogP contribution in [0.3, 0.4) is 0 Å². The van der Waals surface area contributed by atoms with E-state index in [1.807, 2.05) is 31.3 Å². The Bertz CT molecular complexity index is 680. The van der Waals surface area contributed by atoms with Crippen LogP contribution in [0.5, 0.6) is 0 Å². The molecular weight excluding hydrogens is 268 g/mol. The molecular formula is C15H14N4S. The van der Waals surface area contributed by atoms with Crippen LogP contribution in [0.15, 0.2) is 48.8 Å². The molecule has 0 saturated carbocycles. The summed E-state index contributed by atoms with van der Waals surface area (Å²) in [6.45, 7) is 0.730. The molecule has 1 N–H and O–H groups in total. The average molecular weight is 282 g/mol. The molecule has 0 fully saturated rings. The number of thiazole rings is 1. The first-order valence-corrected chi connectivity index (χ1v) is 7.17. The predicted octanol–water partition coefficient (Wildman–Crippen LogP) is 2.99. The van der Waals surface area contributed by atoms with E-state index in [4.69, 9.17) is 0 Å². The molecule has 0 aliphatic heterocycles. The van der Waals surface area contributed by atoms with Gasteiger partial charge in [-0.1, -0.05) is 30.3 Å². The Hall–Kier alpha value is -2.11. The summed E-state index contributed by atoms with van der Waals surface area (Å²) >= 11 is 1.63.